The Kier molecular flexibility index (Phi) is 4.80. The third kappa shape index (κ3) is 3.21. The molecule has 0 aliphatic carbocycles. The van der Waals surface area contributed by atoms with Crippen molar-refractivity contribution < 1.29 is 13.3 Å². The number of aromatic nitrogens is 3. The number of benzene rings is 1. The van der Waals surface area contributed by atoms with Gasteiger partial charge in [0.2, 0.25) is 10.0 Å². The molecular weight excluding hydrogens is 358 g/mol. The van der Waals surface area contributed by atoms with Crippen molar-refractivity contribution in [3.05, 3.63) is 45.5 Å². The van der Waals surface area contributed by atoms with Gasteiger partial charge in [-0.3, -0.25) is 10.1 Å². The quantitative estimate of drug-likeness (QED) is 0.592. The van der Waals surface area contributed by atoms with E-state index in [1.54, 1.807) is 24.7 Å². The second-order valence-corrected chi connectivity index (χ2v) is 8.55. The highest BCUT2D eigenvalue weighted by Crippen LogP contribution is 2.32. The molecule has 0 saturated carbocycles. The number of hydrogen-bond acceptors (Lipinski definition) is 6. The Bertz CT molecular complexity index is 954. The molecule has 1 aliphatic heterocycles. The van der Waals surface area contributed by atoms with Gasteiger partial charge in [0.25, 0.3) is 5.69 Å². The molecule has 0 N–H and O–H groups in total. The van der Waals surface area contributed by atoms with E-state index in [0.717, 1.165) is 18.3 Å². The van der Waals surface area contributed by atoms with Gasteiger partial charge in [-0.15, -0.1) is 10.2 Å². The largest absolute Gasteiger partial charge is 0.320 e. The predicted octanol–water partition coefficient (Wildman–Crippen LogP) is 1.91. The van der Waals surface area contributed by atoms with Crippen LogP contribution in [0, 0.1) is 24.0 Å². The summed E-state index contributed by atoms with van der Waals surface area (Å²) in [5, 5.41) is 19.1. The molecule has 3 rings (SSSR count). The van der Waals surface area contributed by atoms with Gasteiger partial charge in [-0.25, -0.2) is 8.42 Å². The van der Waals surface area contributed by atoms with Crippen LogP contribution in [0.25, 0.3) is 0 Å². The topological polar surface area (TPSA) is 111 Å². The maximum Gasteiger partial charge on any atom is 0.271 e. The maximum absolute atomic E-state index is 13.2. The smallest absolute Gasteiger partial charge is 0.271 e. The molecule has 1 saturated heterocycles. The van der Waals surface area contributed by atoms with Crippen molar-refractivity contribution in [2.45, 2.75) is 37.5 Å². The van der Waals surface area contributed by atoms with Crippen LogP contribution in [-0.2, 0) is 17.1 Å². The summed E-state index contributed by atoms with van der Waals surface area (Å²) in [5.41, 5.74) is 0.907. The lowest BCUT2D eigenvalue weighted by Gasteiger charge is -2.31. The van der Waals surface area contributed by atoms with Crippen LogP contribution in [-0.4, -0.2) is 45.5 Å². The summed E-state index contributed by atoms with van der Waals surface area (Å²) in [6, 6.07) is 2.55. The van der Waals surface area contributed by atoms with Gasteiger partial charge in [0.1, 0.15) is 12.2 Å². The molecule has 2 heterocycles. The van der Waals surface area contributed by atoms with E-state index >= 15 is 0 Å². The molecule has 1 aromatic carbocycles. The van der Waals surface area contributed by atoms with Crippen LogP contribution in [0.3, 0.4) is 0 Å². The number of sulfonamides is 1. The monoisotopic (exact) mass is 379 g/mol. The lowest BCUT2D eigenvalue weighted by Crippen LogP contribution is -2.40. The van der Waals surface area contributed by atoms with Gasteiger partial charge < -0.3 is 4.57 Å². The lowest BCUT2D eigenvalue weighted by molar-refractivity contribution is -0.385. The fraction of sp³-hybridized carbons (Fsp3) is 0.500. The molecule has 1 atom stereocenters. The van der Waals surface area contributed by atoms with Crippen LogP contribution in [0.1, 0.15) is 35.7 Å². The Morgan fingerprint density at radius 1 is 1.31 bits per heavy atom. The van der Waals surface area contributed by atoms with Gasteiger partial charge in [0.15, 0.2) is 0 Å². The molecular formula is C16H21N5O4S. The average Bonchev–Trinajstić information content (AvgIpc) is 3.03. The normalized spacial score (nSPS) is 18.8. The Hall–Kier alpha value is -2.33. The standard InChI is InChI=1S/C16H21N5O4S/c1-11-7-14(21(22)23)8-15(12(11)2)26(24,25)20-6-4-5-13(9-20)16-18-17-10-19(16)3/h7-8,10,13H,4-6,9H2,1-3H3. The van der Waals surface area contributed by atoms with Crippen LogP contribution in [0.15, 0.2) is 23.4 Å². The SMILES string of the molecule is Cc1cc([N+](=O)[O-])cc(S(=O)(=O)N2CCCC(c3nncn3C)C2)c1C. The zero-order valence-electron chi connectivity index (χ0n) is 14.9. The van der Waals surface area contributed by atoms with Crippen molar-refractivity contribution >= 4 is 15.7 Å². The van der Waals surface area contributed by atoms with E-state index in [0.29, 0.717) is 24.1 Å². The van der Waals surface area contributed by atoms with Gasteiger partial charge in [0.05, 0.1) is 9.82 Å². The molecule has 1 fully saturated rings. The molecule has 0 bridgehead atoms. The maximum atomic E-state index is 13.2. The fourth-order valence-corrected chi connectivity index (χ4v) is 5.20. The Labute approximate surface area is 151 Å². The molecule has 10 heteroatoms. The van der Waals surface area contributed by atoms with Crippen LogP contribution < -0.4 is 0 Å². The van der Waals surface area contributed by atoms with Crippen molar-refractivity contribution in [2.75, 3.05) is 13.1 Å². The third-order valence-electron chi connectivity index (χ3n) is 4.93. The van der Waals surface area contributed by atoms with Gasteiger partial charge >= 0.3 is 0 Å². The van der Waals surface area contributed by atoms with Gasteiger partial charge in [-0.2, -0.15) is 4.31 Å². The molecule has 26 heavy (non-hydrogen) atoms. The number of non-ortho nitro benzene ring substituents is 1. The van der Waals surface area contributed by atoms with Crippen molar-refractivity contribution in [3.8, 4) is 0 Å². The number of aryl methyl sites for hydroxylation is 2. The minimum atomic E-state index is -3.84. The summed E-state index contributed by atoms with van der Waals surface area (Å²) in [6.45, 7) is 4.03. The van der Waals surface area contributed by atoms with Crippen molar-refractivity contribution in [1.82, 2.24) is 19.1 Å². The molecule has 1 aliphatic rings. The first kappa shape index (κ1) is 18.5. The van der Waals surface area contributed by atoms with Crippen molar-refractivity contribution in [2.24, 2.45) is 7.05 Å². The van der Waals surface area contributed by atoms with E-state index in [4.69, 9.17) is 0 Å². The number of rotatable bonds is 4. The summed E-state index contributed by atoms with van der Waals surface area (Å²) >= 11 is 0. The van der Waals surface area contributed by atoms with E-state index in [1.165, 1.54) is 10.4 Å². The molecule has 0 spiro atoms. The number of piperidine rings is 1. The summed E-state index contributed by atoms with van der Waals surface area (Å²) in [4.78, 5) is 10.6. The van der Waals surface area contributed by atoms with E-state index in [-0.39, 0.29) is 23.0 Å². The van der Waals surface area contributed by atoms with Crippen LogP contribution >= 0.6 is 0 Å². The minimum absolute atomic E-state index is 0.00261. The number of nitro groups is 1. The fourth-order valence-electron chi connectivity index (χ4n) is 3.35. The Balaban J connectivity index is 1.98. The van der Waals surface area contributed by atoms with E-state index in [9.17, 15) is 18.5 Å². The molecule has 0 amide bonds. The average molecular weight is 379 g/mol. The van der Waals surface area contributed by atoms with Gasteiger partial charge in [0, 0.05) is 38.2 Å². The predicted molar refractivity (Wildman–Crippen MR) is 94.3 cm³/mol. The van der Waals surface area contributed by atoms with Gasteiger partial charge in [-0.05, 0) is 37.8 Å². The number of hydrogen-bond donors (Lipinski definition) is 0. The van der Waals surface area contributed by atoms with E-state index in [2.05, 4.69) is 10.2 Å². The summed E-state index contributed by atoms with van der Waals surface area (Å²) in [6.07, 6.45) is 3.12. The highest BCUT2D eigenvalue weighted by Gasteiger charge is 2.34. The first-order valence-corrected chi connectivity index (χ1v) is 9.75. The lowest BCUT2D eigenvalue weighted by atomic mass is 9.99. The number of nitrogens with zero attached hydrogens (tertiary/aromatic N) is 5. The number of nitro benzene ring substituents is 1. The summed E-state index contributed by atoms with van der Waals surface area (Å²) in [7, 11) is -2.01. The van der Waals surface area contributed by atoms with E-state index < -0.39 is 14.9 Å². The highest BCUT2D eigenvalue weighted by molar-refractivity contribution is 7.89. The minimum Gasteiger partial charge on any atom is -0.320 e. The molecule has 1 unspecified atom stereocenters. The second kappa shape index (κ2) is 6.76. The zero-order chi connectivity index (χ0) is 19.1. The second-order valence-electron chi connectivity index (χ2n) is 6.65. The van der Waals surface area contributed by atoms with Crippen molar-refractivity contribution in [1.29, 1.82) is 0 Å². The van der Waals surface area contributed by atoms with Crippen LogP contribution in [0.5, 0.6) is 0 Å². The zero-order valence-corrected chi connectivity index (χ0v) is 15.7. The molecule has 2 aromatic rings. The van der Waals surface area contributed by atoms with Crippen LogP contribution in [0.2, 0.25) is 0 Å². The molecule has 1 aromatic heterocycles. The summed E-state index contributed by atoms with van der Waals surface area (Å²) < 4.78 is 29.6. The first-order valence-electron chi connectivity index (χ1n) is 8.31. The Morgan fingerprint density at radius 2 is 2.04 bits per heavy atom. The summed E-state index contributed by atoms with van der Waals surface area (Å²) in [5.74, 6) is 0.697. The molecule has 140 valence electrons. The Morgan fingerprint density at radius 3 is 2.65 bits per heavy atom. The molecule has 9 nitrogen and oxygen atoms in total. The third-order valence-corrected chi connectivity index (χ3v) is 6.92. The van der Waals surface area contributed by atoms with Crippen molar-refractivity contribution in [3.63, 3.8) is 0 Å². The highest BCUT2D eigenvalue weighted by atomic mass is 32.2. The van der Waals surface area contributed by atoms with E-state index in [1.807, 2.05) is 7.05 Å². The molecule has 0 radical (unpaired) electrons. The van der Waals surface area contributed by atoms with Gasteiger partial charge in [-0.1, -0.05) is 0 Å². The van der Waals surface area contributed by atoms with Crippen LogP contribution in [0.4, 0.5) is 5.69 Å². The first-order chi connectivity index (χ1) is 12.2.